The third kappa shape index (κ3) is 2.48. The molecule has 0 saturated carbocycles. The van der Waals surface area contributed by atoms with E-state index in [4.69, 9.17) is 5.11 Å². The molecule has 0 aromatic carbocycles. The van der Waals surface area contributed by atoms with Gasteiger partial charge in [0.2, 0.25) is 0 Å². The molecule has 21 heavy (non-hydrogen) atoms. The van der Waals surface area contributed by atoms with Crippen LogP contribution in [0.25, 0.3) is 10.2 Å². The fraction of sp³-hybridized carbons (Fsp3) is 0.533. The van der Waals surface area contributed by atoms with Crippen molar-refractivity contribution in [3.8, 4) is 0 Å². The second-order valence-corrected chi connectivity index (χ2v) is 6.82. The third-order valence-corrected chi connectivity index (χ3v) is 5.19. The summed E-state index contributed by atoms with van der Waals surface area (Å²) in [4.78, 5) is 22.5. The summed E-state index contributed by atoms with van der Waals surface area (Å²) in [5.41, 5.74) is 1.32. The Hall–Kier alpha value is -1.69. The number of aryl methyl sites for hydroxylation is 2. The fourth-order valence-corrected chi connectivity index (χ4v) is 4.35. The van der Waals surface area contributed by atoms with E-state index in [1.165, 1.54) is 23.3 Å². The summed E-state index contributed by atoms with van der Waals surface area (Å²) in [6.07, 6.45) is 3.47. The maximum absolute atomic E-state index is 11.1. The Morgan fingerprint density at radius 3 is 2.95 bits per heavy atom. The molecular weight excluding hydrogens is 286 g/mol. The van der Waals surface area contributed by atoms with Gasteiger partial charge in [-0.05, 0) is 44.6 Å². The van der Waals surface area contributed by atoms with Crippen LogP contribution in [0.3, 0.4) is 0 Å². The average molecular weight is 305 g/mol. The van der Waals surface area contributed by atoms with Crippen molar-refractivity contribution in [3.63, 3.8) is 0 Å². The van der Waals surface area contributed by atoms with Crippen LogP contribution in [0.15, 0.2) is 0 Å². The van der Waals surface area contributed by atoms with Gasteiger partial charge in [-0.3, -0.25) is 4.79 Å². The average Bonchev–Trinajstić information content (AvgIpc) is 2.77. The largest absolute Gasteiger partial charge is 0.480 e. The van der Waals surface area contributed by atoms with Crippen molar-refractivity contribution in [2.24, 2.45) is 0 Å². The molecule has 0 bridgehead atoms. The summed E-state index contributed by atoms with van der Waals surface area (Å²) in [6, 6.07) is -0.669. The van der Waals surface area contributed by atoms with Gasteiger partial charge in [-0.1, -0.05) is 6.92 Å². The highest BCUT2D eigenvalue weighted by molar-refractivity contribution is 7.19. The summed E-state index contributed by atoms with van der Waals surface area (Å²) in [6.45, 7) is 5.71. The van der Waals surface area contributed by atoms with E-state index in [1.54, 1.807) is 18.3 Å². The summed E-state index contributed by atoms with van der Waals surface area (Å²) in [7, 11) is 0. The molecule has 0 aliphatic heterocycles. The first-order chi connectivity index (χ1) is 9.97. The second kappa shape index (κ2) is 5.26. The Bertz CT molecular complexity index is 710. The lowest BCUT2D eigenvalue weighted by Crippen LogP contribution is -2.26. The number of anilines is 1. The lowest BCUT2D eigenvalue weighted by Gasteiger charge is -2.20. The van der Waals surface area contributed by atoms with Gasteiger partial charge in [0, 0.05) is 4.88 Å². The Morgan fingerprint density at radius 1 is 1.48 bits per heavy atom. The highest BCUT2D eigenvalue weighted by Gasteiger charge is 2.26. The predicted molar refractivity (Wildman–Crippen MR) is 84.2 cm³/mol. The first-order valence-corrected chi connectivity index (χ1v) is 8.08. The molecule has 0 saturated heterocycles. The molecule has 0 spiro atoms. The Labute approximate surface area is 127 Å². The maximum atomic E-state index is 11.1. The van der Waals surface area contributed by atoms with Gasteiger partial charge in [0.25, 0.3) is 0 Å². The molecule has 6 heteroatoms. The summed E-state index contributed by atoms with van der Waals surface area (Å²) in [5, 5.41) is 13.2. The number of carboxylic acids is 1. The van der Waals surface area contributed by atoms with E-state index in [0.717, 1.165) is 16.6 Å². The molecule has 0 radical (unpaired) electrons. The number of aromatic nitrogens is 2. The number of carboxylic acid groups (broad SMARTS) is 1. The number of fused-ring (bicyclic) bond motifs is 3. The Balaban J connectivity index is 2.18. The van der Waals surface area contributed by atoms with Gasteiger partial charge in [-0.25, -0.2) is 9.97 Å². The number of carbonyl (C=O) groups is 1. The van der Waals surface area contributed by atoms with Crippen LogP contribution >= 0.6 is 11.3 Å². The van der Waals surface area contributed by atoms with Gasteiger partial charge in [-0.2, -0.15) is 0 Å². The molecule has 112 valence electrons. The number of thiophene rings is 1. The number of aliphatic carboxylic acids is 1. The monoisotopic (exact) mass is 305 g/mol. The highest BCUT2D eigenvalue weighted by Crippen LogP contribution is 2.43. The first kappa shape index (κ1) is 14.3. The van der Waals surface area contributed by atoms with Gasteiger partial charge in [-0.15, -0.1) is 11.3 Å². The van der Waals surface area contributed by atoms with Gasteiger partial charge >= 0.3 is 5.97 Å². The zero-order valence-corrected chi connectivity index (χ0v) is 13.3. The van der Waals surface area contributed by atoms with Crippen LogP contribution in [0.5, 0.6) is 0 Å². The van der Waals surface area contributed by atoms with E-state index in [-0.39, 0.29) is 0 Å². The number of nitrogens with one attached hydrogen (secondary N) is 1. The minimum Gasteiger partial charge on any atom is -0.480 e. The number of hydrogen-bond acceptors (Lipinski definition) is 5. The molecule has 1 aliphatic rings. The summed E-state index contributed by atoms with van der Waals surface area (Å²) in [5.74, 6) is 0.943. The molecule has 0 unspecified atom stereocenters. The standard InChI is InChI=1S/C15H19N3O2S/c1-7-5-4-6-10-11(7)12-13(16-8(2)15(19)20)17-9(3)18-14(12)21-10/h7-8H,4-6H2,1-3H3,(H,19,20)(H,16,17,18)/t7-,8-/m1/s1. The van der Waals surface area contributed by atoms with Crippen molar-refractivity contribution < 1.29 is 9.90 Å². The normalized spacial score (nSPS) is 19.3. The molecule has 2 aromatic heterocycles. The predicted octanol–water partition coefficient (Wildman–Crippen LogP) is 3.32. The van der Waals surface area contributed by atoms with E-state index < -0.39 is 12.0 Å². The maximum Gasteiger partial charge on any atom is 0.325 e. The first-order valence-electron chi connectivity index (χ1n) is 7.26. The molecular formula is C15H19N3O2S. The van der Waals surface area contributed by atoms with Crippen molar-refractivity contribution in [1.29, 1.82) is 0 Å². The number of nitrogens with zero attached hydrogens (tertiary/aromatic N) is 2. The number of hydrogen-bond donors (Lipinski definition) is 2. The minimum absolute atomic E-state index is 0.481. The highest BCUT2D eigenvalue weighted by atomic mass is 32.1. The number of rotatable bonds is 3. The van der Waals surface area contributed by atoms with Crippen molar-refractivity contribution in [2.45, 2.75) is 52.0 Å². The van der Waals surface area contributed by atoms with Crippen molar-refractivity contribution in [3.05, 3.63) is 16.3 Å². The molecule has 2 aromatic rings. The quantitative estimate of drug-likeness (QED) is 0.909. The minimum atomic E-state index is -0.878. The molecule has 0 amide bonds. The van der Waals surface area contributed by atoms with E-state index in [2.05, 4.69) is 22.2 Å². The second-order valence-electron chi connectivity index (χ2n) is 5.74. The molecule has 0 fully saturated rings. The lowest BCUT2D eigenvalue weighted by molar-refractivity contribution is -0.137. The molecule has 2 heterocycles. The molecule has 5 nitrogen and oxygen atoms in total. The van der Waals surface area contributed by atoms with E-state index in [0.29, 0.717) is 17.6 Å². The molecule has 2 N–H and O–H groups in total. The van der Waals surface area contributed by atoms with E-state index in [9.17, 15) is 4.79 Å². The van der Waals surface area contributed by atoms with E-state index >= 15 is 0 Å². The van der Waals surface area contributed by atoms with Gasteiger partial charge in [0.05, 0.1) is 5.39 Å². The Kier molecular flexibility index (Phi) is 3.57. The van der Waals surface area contributed by atoms with Crippen LogP contribution in [0.4, 0.5) is 5.82 Å². The summed E-state index contributed by atoms with van der Waals surface area (Å²) >= 11 is 1.73. The van der Waals surface area contributed by atoms with Crippen LogP contribution in [0.2, 0.25) is 0 Å². The van der Waals surface area contributed by atoms with Crippen molar-refractivity contribution in [2.75, 3.05) is 5.32 Å². The zero-order chi connectivity index (χ0) is 15.1. The zero-order valence-electron chi connectivity index (χ0n) is 12.4. The van der Waals surface area contributed by atoms with Crippen LogP contribution in [0.1, 0.15) is 48.9 Å². The van der Waals surface area contributed by atoms with Gasteiger partial charge in [0.15, 0.2) is 0 Å². The topological polar surface area (TPSA) is 75.1 Å². The molecule has 3 rings (SSSR count). The Morgan fingerprint density at radius 2 is 2.24 bits per heavy atom. The molecule has 1 aliphatic carbocycles. The SMILES string of the molecule is Cc1nc(N[C@H](C)C(=O)O)c2c3c(sc2n1)CCC[C@H]3C. The van der Waals surface area contributed by atoms with Crippen molar-refractivity contribution in [1.82, 2.24) is 9.97 Å². The lowest BCUT2D eigenvalue weighted by atomic mass is 9.87. The summed E-state index contributed by atoms with van der Waals surface area (Å²) < 4.78 is 0. The van der Waals surface area contributed by atoms with E-state index in [1.807, 2.05) is 6.92 Å². The molecule has 2 atom stereocenters. The van der Waals surface area contributed by atoms with Gasteiger partial charge < -0.3 is 10.4 Å². The smallest absolute Gasteiger partial charge is 0.325 e. The van der Waals surface area contributed by atoms with Crippen molar-refractivity contribution >= 4 is 33.3 Å². The fourth-order valence-electron chi connectivity index (χ4n) is 2.97. The van der Waals surface area contributed by atoms with Crippen LogP contribution in [0, 0.1) is 6.92 Å². The van der Waals surface area contributed by atoms with Gasteiger partial charge in [0.1, 0.15) is 22.5 Å². The van der Waals surface area contributed by atoms with Crippen LogP contribution in [-0.2, 0) is 11.2 Å². The van der Waals surface area contributed by atoms with Crippen LogP contribution in [-0.4, -0.2) is 27.1 Å². The third-order valence-electron chi connectivity index (χ3n) is 4.03. The van der Waals surface area contributed by atoms with Crippen LogP contribution < -0.4 is 5.32 Å².